The minimum atomic E-state index is -0.150. The van der Waals surface area contributed by atoms with Gasteiger partial charge in [-0.15, -0.1) is 0 Å². The first-order valence-electron chi connectivity index (χ1n) is 6.81. The van der Waals surface area contributed by atoms with E-state index in [1.807, 2.05) is 12.1 Å². The molecule has 108 valence electrons. The molecule has 0 aliphatic heterocycles. The summed E-state index contributed by atoms with van der Waals surface area (Å²) in [6.07, 6.45) is 3.42. The van der Waals surface area contributed by atoms with Crippen molar-refractivity contribution in [2.75, 3.05) is 0 Å². The summed E-state index contributed by atoms with van der Waals surface area (Å²) >= 11 is 3.55. The third kappa shape index (κ3) is 2.65. The highest BCUT2D eigenvalue weighted by molar-refractivity contribution is 9.10. The highest BCUT2D eigenvalue weighted by Gasteiger charge is 2.25. The molecule has 3 rings (SSSR count). The number of aryl methyl sites for hydroxylation is 1. The zero-order valence-electron chi connectivity index (χ0n) is 11.6. The van der Waals surface area contributed by atoms with E-state index in [0.717, 1.165) is 17.3 Å². The highest BCUT2D eigenvalue weighted by atomic mass is 79.9. The maximum Gasteiger partial charge on any atom is 0.253 e. The molecule has 0 fully saturated rings. The van der Waals surface area contributed by atoms with Crippen molar-refractivity contribution in [3.05, 3.63) is 68.0 Å². The van der Waals surface area contributed by atoms with E-state index in [2.05, 4.69) is 27.3 Å². The molecule has 1 amide bonds. The quantitative estimate of drug-likeness (QED) is 0.908. The standard InChI is InChI=1S/C16H15BrN2O2/c1-19-9-10(5-8-15(19)20)16(21)18-14-7-6-11-12(14)3-2-4-13(11)17/h2-5,8-9,14H,6-7H2,1H3,(H,18,21). The Balaban J connectivity index is 1.82. The molecule has 0 bridgehead atoms. The van der Waals surface area contributed by atoms with Crippen LogP contribution in [0, 0.1) is 0 Å². The number of amides is 1. The smallest absolute Gasteiger partial charge is 0.253 e. The molecule has 21 heavy (non-hydrogen) atoms. The van der Waals surface area contributed by atoms with Crippen LogP contribution >= 0.6 is 15.9 Å². The van der Waals surface area contributed by atoms with Crippen molar-refractivity contribution >= 4 is 21.8 Å². The molecular weight excluding hydrogens is 332 g/mol. The predicted octanol–water partition coefficient (Wildman–Crippen LogP) is 2.57. The molecule has 1 aromatic heterocycles. The molecule has 0 saturated heterocycles. The van der Waals surface area contributed by atoms with E-state index in [4.69, 9.17) is 0 Å². The summed E-state index contributed by atoms with van der Waals surface area (Å²) in [6, 6.07) is 9.07. The Morgan fingerprint density at radius 1 is 1.33 bits per heavy atom. The monoisotopic (exact) mass is 346 g/mol. The van der Waals surface area contributed by atoms with Crippen molar-refractivity contribution in [1.82, 2.24) is 9.88 Å². The van der Waals surface area contributed by atoms with Gasteiger partial charge in [0.1, 0.15) is 0 Å². The van der Waals surface area contributed by atoms with Gasteiger partial charge < -0.3 is 9.88 Å². The van der Waals surface area contributed by atoms with Crippen molar-refractivity contribution in [3.63, 3.8) is 0 Å². The van der Waals surface area contributed by atoms with Crippen molar-refractivity contribution in [2.45, 2.75) is 18.9 Å². The number of carbonyl (C=O) groups excluding carboxylic acids is 1. The van der Waals surface area contributed by atoms with Gasteiger partial charge in [-0.1, -0.05) is 28.1 Å². The van der Waals surface area contributed by atoms with Crippen LogP contribution in [0.3, 0.4) is 0 Å². The zero-order chi connectivity index (χ0) is 15.0. The minimum Gasteiger partial charge on any atom is -0.345 e. The van der Waals surface area contributed by atoms with E-state index >= 15 is 0 Å². The van der Waals surface area contributed by atoms with Crippen LogP contribution in [0.15, 0.2) is 45.8 Å². The number of halogens is 1. The van der Waals surface area contributed by atoms with Crippen LogP contribution in [0.4, 0.5) is 0 Å². The van der Waals surface area contributed by atoms with Crippen LogP contribution in [-0.2, 0) is 13.5 Å². The van der Waals surface area contributed by atoms with Crippen molar-refractivity contribution in [3.8, 4) is 0 Å². The van der Waals surface area contributed by atoms with Crippen LogP contribution < -0.4 is 10.9 Å². The number of pyridine rings is 1. The Labute approximate surface area is 130 Å². The van der Waals surface area contributed by atoms with Gasteiger partial charge in [0, 0.05) is 23.8 Å². The van der Waals surface area contributed by atoms with Gasteiger partial charge in [-0.05, 0) is 36.1 Å². The van der Waals surface area contributed by atoms with E-state index in [1.165, 1.54) is 21.8 Å². The molecule has 0 saturated carbocycles. The van der Waals surface area contributed by atoms with Gasteiger partial charge in [-0.2, -0.15) is 0 Å². The van der Waals surface area contributed by atoms with Crippen LogP contribution in [-0.4, -0.2) is 10.5 Å². The molecule has 1 atom stereocenters. The van der Waals surface area contributed by atoms with Gasteiger partial charge in [0.25, 0.3) is 5.91 Å². The number of nitrogens with one attached hydrogen (secondary N) is 1. The minimum absolute atomic E-state index is 0.0298. The number of rotatable bonds is 2. The number of hydrogen-bond donors (Lipinski definition) is 1. The number of aromatic nitrogens is 1. The molecule has 1 unspecified atom stereocenters. The van der Waals surface area contributed by atoms with Crippen LogP contribution in [0.25, 0.3) is 0 Å². The average molecular weight is 347 g/mol. The largest absolute Gasteiger partial charge is 0.345 e. The van der Waals surface area contributed by atoms with Gasteiger partial charge in [0.05, 0.1) is 11.6 Å². The number of nitrogens with zero attached hydrogens (tertiary/aromatic N) is 1. The third-order valence-corrected chi connectivity index (χ3v) is 4.61. The first-order chi connectivity index (χ1) is 10.1. The second kappa shape index (κ2) is 5.48. The zero-order valence-corrected chi connectivity index (χ0v) is 13.2. The summed E-state index contributed by atoms with van der Waals surface area (Å²) in [5.74, 6) is -0.150. The van der Waals surface area contributed by atoms with Gasteiger partial charge in [-0.25, -0.2) is 0 Å². The fourth-order valence-corrected chi connectivity index (χ4v) is 3.31. The van der Waals surface area contributed by atoms with E-state index in [9.17, 15) is 9.59 Å². The lowest BCUT2D eigenvalue weighted by molar-refractivity contribution is 0.0936. The van der Waals surface area contributed by atoms with Gasteiger partial charge >= 0.3 is 0 Å². The highest BCUT2D eigenvalue weighted by Crippen LogP contribution is 2.35. The Morgan fingerprint density at radius 3 is 2.90 bits per heavy atom. The molecule has 0 radical (unpaired) electrons. The number of fused-ring (bicyclic) bond motifs is 1. The molecule has 1 heterocycles. The second-order valence-electron chi connectivity index (χ2n) is 5.24. The molecule has 4 nitrogen and oxygen atoms in total. The first-order valence-corrected chi connectivity index (χ1v) is 7.60. The molecule has 1 aliphatic rings. The lowest BCUT2D eigenvalue weighted by Crippen LogP contribution is -2.28. The maximum atomic E-state index is 12.3. The molecule has 1 N–H and O–H groups in total. The van der Waals surface area contributed by atoms with Crippen LogP contribution in [0.1, 0.15) is 33.9 Å². The molecule has 1 aliphatic carbocycles. The summed E-state index contributed by atoms with van der Waals surface area (Å²) in [5.41, 5.74) is 2.81. The number of carbonyl (C=O) groups is 1. The topological polar surface area (TPSA) is 51.1 Å². The van der Waals surface area contributed by atoms with E-state index in [0.29, 0.717) is 5.56 Å². The van der Waals surface area contributed by atoms with Crippen LogP contribution in [0.2, 0.25) is 0 Å². The Bertz CT molecular complexity index is 767. The molecule has 0 spiro atoms. The first kappa shape index (κ1) is 14.1. The predicted molar refractivity (Wildman–Crippen MR) is 84.4 cm³/mol. The Morgan fingerprint density at radius 2 is 2.14 bits per heavy atom. The fraction of sp³-hybridized carbons (Fsp3) is 0.250. The second-order valence-corrected chi connectivity index (χ2v) is 6.09. The van der Waals surface area contributed by atoms with Gasteiger partial charge in [-0.3, -0.25) is 9.59 Å². The molecule has 2 aromatic rings. The summed E-state index contributed by atoms with van der Waals surface area (Å²) < 4.78 is 2.51. The summed E-state index contributed by atoms with van der Waals surface area (Å²) in [4.78, 5) is 23.7. The SMILES string of the molecule is Cn1cc(C(=O)NC2CCc3c(Br)cccc32)ccc1=O. The fourth-order valence-electron chi connectivity index (χ4n) is 2.73. The van der Waals surface area contributed by atoms with Gasteiger partial charge in [0.15, 0.2) is 0 Å². The number of benzene rings is 1. The molecule has 5 heteroatoms. The van der Waals surface area contributed by atoms with Crippen LogP contribution in [0.5, 0.6) is 0 Å². The third-order valence-electron chi connectivity index (χ3n) is 3.87. The summed E-state index contributed by atoms with van der Waals surface area (Å²) in [5, 5.41) is 3.05. The van der Waals surface area contributed by atoms with Gasteiger partial charge in [0.2, 0.25) is 5.56 Å². The Hall–Kier alpha value is -1.88. The summed E-state index contributed by atoms with van der Waals surface area (Å²) in [6.45, 7) is 0. The molecule has 1 aromatic carbocycles. The lowest BCUT2D eigenvalue weighted by atomic mass is 10.1. The molecular formula is C16H15BrN2O2. The van der Waals surface area contributed by atoms with E-state index < -0.39 is 0 Å². The van der Waals surface area contributed by atoms with E-state index in [1.54, 1.807) is 19.3 Å². The summed E-state index contributed by atoms with van der Waals surface area (Å²) in [7, 11) is 1.64. The van der Waals surface area contributed by atoms with Crippen molar-refractivity contribution < 1.29 is 4.79 Å². The number of hydrogen-bond acceptors (Lipinski definition) is 2. The van der Waals surface area contributed by atoms with Crippen molar-refractivity contribution in [2.24, 2.45) is 7.05 Å². The normalized spacial score (nSPS) is 16.6. The van der Waals surface area contributed by atoms with Crippen molar-refractivity contribution in [1.29, 1.82) is 0 Å². The van der Waals surface area contributed by atoms with E-state index in [-0.39, 0.29) is 17.5 Å². The average Bonchev–Trinajstić information content (AvgIpc) is 2.86. The Kier molecular flexibility index (Phi) is 3.68. The lowest BCUT2D eigenvalue weighted by Gasteiger charge is -2.14. The maximum absolute atomic E-state index is 12.3.